The van der Waals surface area contributed by atoms with E-state index in [1.165, 1.54) is 0 Å². The van der Waals surface area contributed by atoms with Crippen molar-refractivity contribution in [3.05, 3.63) is 29.3 Å². The summed E-state index contributed by atoms with van der Waals surface area (Å²) in [5, 5.41) is 2.92. The number of anilines is 1. The Morgan fingerprint density at radius 2 is 1.90 bits per heavy atom. The summed E-state index contributed by atoms with van der Waals surface area (Å²) < 4.78 is 33.2. The summed E-state index contributed by atoms with van der Waals surface area (Å²) in [7, 11) is 0. The van der Waals surface area contributed by atoms with Crippen LogP contribution in [0.3, 0.4) is 0 Å². The van der Waals surface area contributed by atoms with E-state index in [4.69, 9.17) is 22.7 Å². The molecule has 0 saturated carbocycles. The zero-order valence-corrected chi connectivity index (χ0v) is 12.1. The minimum atomic E-state index is -0.674. The molecule has 1 fully saturated rings. The van der Waals surface area contributed by atoms with Crippen molar-refractivity contribution in [2.45, 2.75) is 25.8 Å². The van der Waals surface area contributed by atoms with E-state index >= 15 is 0 Å². The lowest BCUT2D eigenvalue weighted by Crippen LogP contribution is -2.31. The first kappa shape index (κ1) is 15.1. The van der Waals surface area contributed by atoms with Crippen molar-refractivity contribution in [2.75, 3.05) is 18.5 Å². The average molecular weight is 300 g/mol. The van der Waals surface area contributed by atoms with Crippen LogP contribution < -0.4 is 11.1 Å². The molecule has 1 atom stereocenters. The Kier molecular flexibility index (Phi) is 4.88. The number of rotatable bonds is 4. The lowest BCUT2D eigenvalue weighted by atomic mass is 9.92. The summed E-state index contributed by atoms with van der Waals surface area (Å²) in [5.41, 5.74) is 5.46. The first-order valence-electron chi connectivity index (χ1n) is 6.62. The van der Waals surface area contributed by atoms with Crippen molar-refractivity contribution >= 4 is 22.9 Å². The molecular weight excluding hydrogens is 282 g/mol. The summed E-state index contributed by atoms with van der Waals surface area (Å²) in [6, 6.07) is 2.29. The molecular formula is C14H18F2N2OS. The predicted molar refractivity (Wildman–Crippen MR) is 78.9 cm³/mol. The molecule has 0 radical (unpaired) electrons. The maximum absolute atomic E-state index is 14.0. The Bertz CT molecular complexity index is 481. The second-order valence-corrected chi connectivity index (χ2v) is 5.50. The van der Waals surface area contributed by atoms with Gasteiger partial charge < -0.3 is 15.8 Å². The van der Waals surface area contributed by atoms with Crippen LogP contribution in [0.2, 0.25) is 0 Å². The van der Waals surface area contributed by atoms with Gasteiger partial charge in [-0.25, -0.2) is 8.78 Å². The third kappa shape index (κ3) is 3.43. The van der Waals surface area contributed by atoms with E-state index in [-0.39, 0.29) is 22.3 Å². The van der Waals surface area contributed by atoms with Gasteiger partial charge in [-0.2, -0.15) is 0 Å². The van der Waals surface area contributed by atoms with Crippen molar-refractivity contribution in [1.29, 1.82) is 0 Å². The van der Waals surface area contributed by atoms with Crippen LogP contribution in [0.5, 0.6) is 0 Å². The molecule has 3 nitrogen and oxygen atoms in total. The second kappa shape index (κ2) is 6.45. The van der Waals surface area contributed by atoms with Gasteiger partial charge in [0, 0.05) is 24.8 Å². The standard InChI is InChI=1S/C14H18F2N2OS/c1-8(9-2-4-19-5-3-9)18-13-11(15)6-10(14(17)20)7-12(13)16/h6-9,18H,2-5H2,1H3,(H2,17,20). The van der Waals surface area contributed by atoms with E-state index in [0.29, 0.717) is 19.1 Å². The molecule has 0 amide bonds. The van der Waals surface area contributed by atoms with Crippen LogP contribution in [-0.4, -0.2) is 24.2 Å². The third-order valence-corrected chi connectivity index (χ3v) is 3.91. The summed E-state index contributed by atoms with van der Waals surface area (Å²) in [5.74, 6) is -1.00. The summed E-state index contributed by atoms with van der Waals surface area (Å²) >= 11 is 4.72. The Morgan fingerprint density at radius 1 is 1.35 bits per heavy atom. The Morgan fingerprint density at radius 3 is 2.40 bits per heavy atom. The monoisotopic (exact) mass is 300 g/mol. The zero-order chi connectivity index (χ0) is 14.7. The largest absolute Gasteiger partial charge is 0.389 e. The number of hydrogen-bond donors (Lipinski definition) is 2. The Labute approximate surface area is 122 Å². The van der Waals surface area contributed by atoms with E-state index in [2.05, 4.69) is 5.32 Å². The second-order valence-electron chi connectivity index (χ2n) is 5.06. The molecule has 1 unspecified atom stereocenters. The molecule has 1 aliphatic rings. The van der Waals surface area contributed by atoms with Gasteiger partial charge in [-0.1, -0.05) is 12.2 Å². The molecule has 20 heavy (non-hydrogen) atoms. The predicted octanol–water partition coefficient (Wildman–Crippen LogP) is 2.83. The van der Waals surface area contributed by atoms with E-state index in [0.717, 1.165) is 25.0 Å². The highest BCUT2D eigenvalue weighted by atomic mass is 32.1. The van der Waals surface area contributed by atoms with E-state index in [1.807, 2.05) is 6.92 Å². The fraction of sp³-hybridized carbons (Fsp3) is 0.500. The molecule has 0 bridgehead atoms. The van der Waals surface area contributed by atoms with Crippen LogP contribution in [0.15, 0.2) is 12.1 Å². The highest BCUT2D eigenvalue weighted by Crippen LogP contribution is 2.26. The van der Waals surface area contributed by atoms with Crippen molar-refractivity contribution in [3.63, 3.8) is 0 Å². The van der Waals surface area contributed by atoms with Crippen LogP contribution in [0, 0.1) is 17.6 Å². The van der Waals surface area contributed by atoms with Crippen LogP contribution in [0.25, 0.3) is 0 Å². The van der Waals surface area contributed by atoms with Crippen molar-refractivity contribution in [2.24, 2.45) is 11.7 Å². The molecule has 1 aliphatic heterocycles. The molecule has 0 spiro atoms. The molecule has 1 heterocycles. The van der Waals surface area contributed by atoms with Crippen LogP contribution in [0.1, 0.15) is 25.3 Å². The van der Waals surface area contributed by atoms with Gasteiger partial charge in [0.15, 0.2) is 0 Å². The topological polar surface area (TPSA) is 47.3 Å². The number of halogens is 2. The fourth-order valence-corrected chi connectivity index (χ4v) is 2.53. The van der Waals surface area contributed by atoms with Gasteiger partial charge in [0.05, 0.1) is 0 Å². The number of ether oxygens (including phenoxy) is 1. The lowest BCUT2D eigenvalue weighted by Gasteiger charge is -2.29. The first-order chi connectivity index (χ1) is 9.49. The maximum atomic E-state index is 14.0. The third-order valence-electron chi connectivity index (χ3n) is 3.67. The number of nitrogens with two attached hydrogens (primary N) is 1. The maximum Gasteiger partial charge on any atom is 0.150 e. The van der Waals surface area contributed by atoms with Crippen molar-refractivity contribution in [1.82, 2.24) is 0 Å². The minimum absolute atomic E-state index is 0.0215. The number of thiocarbonyl (C=S) groups is 1. The number of hydrogen-bond acceptors (Lipinski definition) is 3. The minimum Gasteiger partial charge on any atom is -0.389 e. The van der Waals surface area contributed by atoms with Gasteiger partial charge in [0.1, 0.15) is 22.3 Å². The summed E-state index contributed by atoms with van der Waals surface area (Å²) in [6.07, 6.45) is 1.78. The smallest absolute Gasteiger partial charge is 0.150 e. The summed E-state index contributed by atoms with van der Waals surface area (Å²) in [6.45, 7) is 3.32. The van der Waals surface area contributed by atoms with E-state index < -0.39 is 11.6 Å². The molecule has 1 saturated heterocycles. The van der Waals surface area contributed by atoms with Crippen molar-refractivity contribution < 1.29 is 13.5 Å². The van der Waals surface area contributed by atoms with Crippen LogP contribution in [0.4, 0.5) is 14.5 Å². The van der Waals surface area contributed by atoms with E-state index in [9.17, 15) is 8.78 Å². The number of benzene rings is 1. The molecule has 1 aromatic rings. The Hall–Kier alpha value is -1.27. The quantitative estimate of drug-likeness (QED) is 0.840. The highest BCUT2D eigenvalue weighted by molar-refractivity contribution is 7.80. The molecule has 3 N–H and O–H groups in total. The van der Waals surface area contributed by atoms with Gasteiger partial charge in [-0.3, -0.25) is 0 Å². The van der Waals surface area contributed by atoms with Gasteiger partial charge in [0.25, 0.3) is 0 Å². The Balaban J connectivity index is 2.14. The number of nitrogens with one attached hydrogen (secondary N) is 1. The molecule has 2 rings (SSSR count). The SMILES string of the molecule is CC(Nc1c(F)cc(C(N)=S)cc1F)C1CCOCC1. The van der Waals surface area contributed by atoms with Gasteiger partial charge >= 0.3 is 0 Å². The van der Waals surface area contributed by atoms with Gasteiger partial charge in [-0.15, -0.1) is 0 Å². The van der Waals surface area contributed by atoms with E-state index in [1.54, 1.807) is 0 Å². The molecule has 6 heteroatoms. The zero-order valence-electron chi connectivity index (χ0n) is 11.3. The summed E-state index contributed by atoms with van der Waals surface area (Å²) in [4.78, 5) is -0.0215. The normalized spacial score (nSPS) is 17.8. The van der Waals surface area contributed by atoms with Crippen LogP contribution >= 0.6 is 12.2 Å². The molecule has 1 aromatic carbocycles. The van der Waals surface area contributed by atoms with Gasteiger partial charge in [-0.05, 0) is 37.8 Å². The molecule has 110 valence electrons. The fourth-order valence-electron chi connectivity index (χ4n) is 2.41. The van der Waals surface area contributed by atoms with Crippen molar-refractivity contribution in [3.8, 4) is 0 Å². The van der Waals surface area contributed by atoms with Crippen LogP contribution in [-0.2, 0) is 4.74 Å². The molecule has 0 aliphatic carbocycles. The average Bonchev–Trinajstić information content (AvgIpc) is 2.43. The lowest BCUT2D eigenvalue weighted by molar-refractivity contribution is 0.0622. The highest BCUT2D eigenvalue weighted by Gasteiger charge is 2.22. The molecule has 0 aromatic heterocycles. The van der Waals surface area contributed by atoms with Gasteiger partial charge in [0.2, 0.25) is 0 Å². The first-order valence-corrected chi connectivity index (χ1v) is 7.03.